The molecule has 0 aliphatic carbocycles. The van der Waals surface area contributed by atoms with Crippen LogP contribution in [0.3, 0.4) is 0 Å². The van der Waals surface area contributed by atoms with Crippen LogP contribution in [0.5, 0.6) is 0 Å². The highest BCUT2D eigenvalue weighted by molar-refractivity contribution is 5.82. The largest absolute Gasteiger partial charge is 0.455 e. The van der Waals surface area contributed by atoms with E-state index >= 15 is 0 Å². The van der Waals surface area contributed by atoms with Crippen molar-refractivity contribution in [3.63, 3.8) is 0 Å². The minimum Gasteiger partial charge on any atom is -0.455 e. The Morgan fingerprint density at radius 2 is 2.06 bits per heavy atom. The van der Waals surface area contributed by atoms with Gasteiger partial charge in [-0.2, -0.15) is 0 Å². The molecule has 3 unspecified atom stereocenters. The number of allylic oxidation sites excluding steroid dienone is 7. The molecule has 182 valence electrons. The van der Waals surface area contributed by atoms with E-state index in [-0.39, 0.29) is 24.1 Å². The Hall–Kier alpha value is -2.21. The van der Waals surface area contributed by atoms with Gasteiger partial charge in [-0.15, -0.1) is 0 Å². The normalized spacial score (nSPS) is 31.5. The summed E-state index contributed by atoms with van der Waals surface area (Å²) < 4.78 is 11.2. The van der Waals surface area contributed by atoms with E-state index in [0.717, 1.165) is 12.0 Å². The summed E-state index contributed by atoms with van der Waals surface area (Å²) in [7, 11) is 0. The van der Waals surface area contributed by atoms with Gasteiger partial charge in [-0.3, -0.25) is 0 Å². The van der Waals surface area contributed by atoms with Gasteiger partial charge in [-0.05, 0) is 39.2 Å². The smallest absolute Gasteiger partial charge is 0.331 e. The highest BCUT2D eigenvalue weighted by atomic mass is 16.7. The van der Waals surface area contributed by atoms with E-state index in [1.165, 1.54) is 11.6 Å². The molecule has 0 aromatic rings. The lowest BCUT2D eigenvalue weighted by Crippen LogP contribution is -2.46. The second kappa shape index (κ2) is 13.5. The first-order valence-corrected chi connectivity index (χ1v) is 11.9. The van der Waals surface area contributed by atoms with Gasteiger partial charge >= 0.3 is 5.97 Å². The van der Waals surface area contributed by atoms with Gasteiger partial charge < -0.3 is 19.7 Å². The van der Waals surface area contributed by atoms with Crippen molar-refractivity contribution < 1.29 is 24.5 Å². The molecular weight excluding hydrogens is 424 g/mol. The molecule has 0 spiro atoms. The molecule has 0 radical (unpaired) electrons. The first kappa shape index (κ1) is 27.0. The fraction of sp³-hybridized carbons (Fsp3) is 0.536. The highest BCUT2D eigenvalue weighted by Gasteiger charge is 2.35. The van der Waals surface area contributed by atoms with Crippen LogP contribution in [0.15, 0.2) is 71.9 Å². The lowest BCUT2D eigenvalue weighted by molar-refractivity contribution is -0.141. The van der Waals surface area contributed by atoms with Crippen LogP contribution in [0.2, 0.25) is 0 Å². The van der Waals surface area contributed by atoms with Crippen molar-refractivity contribution >= 4 is 5.97 Å². The summed E-state index contributed by atoms with van der Waals surface area (Å²) >= 11 is 0. The summed E-state index contributed by atoms with van der Waals surface area (Å²) in [5.41, 5.74) is 2.33. The number of hydrogen-bond acceptors (Lipinski definition) is 5. The Balaban J connectivity index is 1.85. The second-order valence-electron chi connectivity index (χ2n) is 9.28. The quantitative estimate of drug-likeness (QED) is 0.218. The van der Waals surface area contributed by atoms with E-state index in [1.807, 2.05) is 63.3 Å². The van der Waals surface area contributed by atoms with E-state index in [2.05, 4.69) is 19.9 Å². The van der Waals surface area contributed by atoms with E-state index < -0.39 is 18.3 Å². The zero-order chi connectivity index (χ0) is 24.4. The second-order valence-corrected chi connectivity index (χ2v) is 9.28. The number of cyclic esters (lactones) is 1. The number of carbonyl (C=O) groups is 1. The lowest BCUT2D eigenvalue weighted by atomic mass is 10.0. The molecule has 0 aromatic heterocycles. The van der Waals surface area contributed by atoms with Gasteiger partial charge in [-0.1, -0.05) is 73.6 Å². The van der Waals surface area contributed by atoms with Gasteiger partial charge in [0, 0.05) is 24.8 Å². The van der Waals surface area contributed by atoms with Gasteiger partial charge in [0.1, 0.15) is 6.10 Å². The fourth-order valence-electron chi connectivity index (χ4n) is 4.19. The molecule has 2 rings (SSSR count). The predicted octanol–water partition coefficient (Wildman–Crippen LogP) is 4.98. The zero-order valence-corrected chi connectivity index (χ0v) is 20.6. The molecule has 0 amide bonds. The lowest BCUT2D eigenvalue weighted by Gasteiger charge is -2.38. The average Bonchev–Trinajstić information content (AvgIpc) is 2.75. The van der Waals surface area contributed by atoms with Crippen molar-refractivity contribution in [2.45, 2.75) is 84.4 Å². The Morgan fingerprint density at radius 1 is 1.30 bits per heavy atom. The number of esters is 1. The third-order valence-electron chi connectivity index (χ3n) is 6.04. The maximum Gasteiger partial charge on any atom is 0.331 e. The number of aliphatic hydroxyl groups excluding tert-OH is 2. The summed E-state index contributed by atoms with van der Waals surface area (Å²) in [4.78, 5) is 11.3. The summed E-state index contributed by atoms with van der Waals surface area (Å²) in [6.45, 7) is 10.2. The maximum atomic E-state index is 11.3. The molecule has 0 bridgehead atoms. The number of ether oxygens (including phenoxy) is 2. The summed E-state index contributed by atoms with van der Waals surface area (Å²) in [5, 5.41) is 20.8. The summed E-state index contributed by atoms with van der Waals surface area (Å²) in [5.74, 6) is 0.0688. The van der Waals surface area contributed by atoms with Gasteiger partial charge in [0.15, 0.2) is 0 Å². The minimum atomic E-state index is -0.766. The van der Waals surface area contributed by atoms with Crippen LogP contribution in [-0.4, -0.2) is 46.7 Å². The first-order chi connectivity index (χ1) is 15.7. The monoisotopic (exact) mass is 464 g/mol. The average molecular weight is 465 g/mol. The summed E-state index contributed by atoms with van der Waals surface area (Å²) in [6.07, 6.45) is 18.9. The number of aliphatic hydroxyl groups is 2. The fourth-order valence-corrected chi connectivity index (χ4v) is 4.19. The number of rotatable bonds is 9. The van der Waals surface area contributed by atoms with Crippen LogP contribution >= 0.6 is 0 Å². The zero-order valence-electron chi connectivity index (χ0n) is 20.6. The van der Waals surface area contributed by atoms with Crippen LogP contribution in [0.1, 0.15) is 53.9 Å². The van der Waals surface area contributed by atoms with Gasteiger partial charge in [0.25, 0.3) is 0 Å². The highest BCUT2D eigenvalue weighted by Crippen LogP contribution is 2.28. The standard InChI is InChI=1S/C28H40O5/c1-6-9-26-22(5)25(30)18-27(33-26)24(29)12-7-10-19(2)16-21(4)17-20(3)14-15-23-11-8-13-28(31)32-23/h6-10,12-15,17,21-27,29-30H,11,16,18H2,1-5H3/b9-6+,12-7+,15-14+,19-10+,20-17-/t21?,22-,23?,24?,25+,26-,27-/m1/s1/i6+1,8+1,10+1,12+1,23+1,26+1,27+1,28+1. The van der Waals surface area contributed by atoms with Gasteiger partial charge in [-0.25, -0.2) is 4.79 Å². The van der Waals surface area contributed by atoms with Gasteiger partial charge in [0.05, 0.1) is 24.4 Å². The third kappa shape index (κ3) is 9.28. The Morgan fingerprint density at radius 3 is 2.76 bits per heavy atom. The van der Waals surface area contributed by atoms with Crippen LogP contribution in [0.4, 0.5) is 0 Å². The molecule has 5 nitrogen and oxygen atoms in total. The van der Waals surface area contributed by atoms with Crippen LogP contribution < -0.4 is 0 Å². The Kier molecular flexibility index (Phi) is 11.0. The van der Waals surface area contributed by atoms with Crippen molar-refractivity contribution in [2.75, 3.05) is 0 Å². The molecule has 33 heavy (non-hydrogen) atoms. The Bertz CT molecular complexity index is 816. The number of carbonyl (C=O) groups excluding carboxylic acids is 1. The third-order valence-corrected chi connectivity index (χ3v) is 6.04. The van der Waals surface area contributed by atoms with E-state index in [1.54, 1.807) is 6.08 Å². The summed E-state index contributed by atoms with van der Waals surface area (Å²) in [6, 6.07) is 0. The van der Waals surface area contributed by atoms with Crippen molar-refractivity contribution in [1.82, 2.24) is 0 Å². The molecule has 2 heterocycles. The van der Waals surface area contributed by atoms with E-state index in [4.69, 9.17) is 9.47 Å². The van der Waals surface area contributed by atoms with Crippen LogP contribution in [-0.2, 0) is 14.3 Å². The van der Waals surface area contributed by atoms with Crippen molar-refractivity contribution in [2.24, 2.45) is 11.8 Å². The predicted molar refractivity (Wildman–Crippen MR) is 132 cm³/mol. The molecule has 0 saturated carbocycles. The molecule has 2 aliphatic heterocycles. The van der Waals surface area contributed by atoms with Gasteiger partial charge in [0.2, 0.25) is 0 Å². The molecule has 0 aromatic carbocycles. The van der Waals surface area contributed by atoms with Crippen molar-refractivity contribution in [1.29, 1.82) is 0 Å². The molecule has 1 saturated heterocycles. The molecule has 5 heteroatoms. The topological polar surface area (TPSA) is 76.0 Å². The molecule has 1 fully saturated rings. The van der Waals surface area contributed by atoms with Crippen LogP contribution in [0, 0.1) is 11.8 Å². The van der Waals surface area contributed by atoms with Crippen molar-refractivity contribution in [3.05, 3.63) is 71.9 Å². The van der Waals surface area contributed by atoms with Crippen LogP contribution in [0.25, 0.3) is 0 Å². The minimum absolute atomic E-state index is 0.0122. The van der Waals surface area contributed by atoms with Crippen molar-refractivity contribution in [3.8, 4) is 0 Å². The SMILES string of the molecule is C/[13CH]=C/[13C@H]1O[13C@@H](C(O)/[13CH]=C/[13CH]=C(\C)CC(C)/C=C(C)\C=C\[13CH]2C[13CH]=C[13C](=O)O2)C[C@H](O)[C@H]1C. The number of hydrogen-bond donors (Lipinski definition) is 2. The maximum absolute atomic E-state index is 11.3. The Labute approximate surface area is 198 Å². The molecular formula is C28H40O5. The molecule has 2 N–H and O–H groups in total. The molecule has 7 atom stereocenters. The first-order valence-electron chi connectivity index (χ1n) is 11.9. The molecule has 2 aliphatic rings. The van der Waals surface area contributed by atoms with E-state index in [0.29, 0.717) is 18.8 Å². The van der Waals surface area contributed by atoms with E-state index in [9.17, 15) is 15.0 Å².